The number of amides is 2. The van der Waals surface area contributed by atoms with Gasteiger partial charge in [0.05, 0.1) is 0 Å². The van der Waals surface area contributed by atoms with E-state index in [-0.39, 0.29) is 38.0 Å². The number of benzene rings is 2. The number of hydrogen-bond donors (Lipinski definition) is 2. The fourth-order valence-electron chi connectivity index (χ4n) is 1.81. The summed E-state index contributed by atoms with van der Waals surface area (Å²) in [4.78, 5) is 23.6. The summed E-state index contributed by atoms with van der Waals surface area (Å²) in [5, 5.41) is 0.517. The molecule has 2 aromatic rings. The predicted molar refractivity (Wildman–Crippen MR) is 95.9 cm³/mol. The first-order chi connectivity index (χ1) is 12.6. The second-order valence-corrected chi connectivity index (χ2v) is 6.98. The van der Waals surface area contributed by atoms with Crippen molar-refractivity contribution in [1.82, 2.24) is 10.9 Å². The van der Waals surface area contributed by atoms with Crippen LogP contribution >= 0.6 is 35.0 Å². The summed E-state index contributed by atoms with van der Waals surface area (Å²) in [7, 11) is 0. The molecule has 11 heteroatoms. The van der Waals surface area contributed by atoms with E-state index in [1.165, 1.54) is 42.5 Å². The molecule has 2 rings (SSSR count). The van der Waals surface area contributed by atoms with Crippen LogP contribution in [0.1, 0.15) is 10.4 Å². The topological polar surface area (TPSA) is 67.4 Å². The minimum atomic E-state index is -4.38. The number of rotatable bonds is 5. The molecular formula is C16H11Cl2F3N2O3S. The summed E-state index contributed by atoms with van der Waals surface area (Å²) in [5.41, 5.74) is 0.0538. The lowest BCUT2D eigenvalue weighted by atomic mass is 10.2. The number of halogens is 5. The number of thioether (sulfide) groups is 1. The summed E-state index contributed by atoms with van der Waals surface area (Å²) in [5.74, 6) is -1.11. The van der Waals surface area contributed by atoms with Gasteiger partial charge in [0.25, 0.3) is 11.8 Å². The molecule has 0 saturated carbocycles. The van der Waals surface area contributed by atoms with Gasteiger partial charge in [-0.15, -0.1) is 0 Å². The third-order valence-electron chi connectivity index (χ3n) is 2.87. The van der Waals surface area contributed by atoms with Crippen molar-refractivity contribution < 1.29 is 27.5 Å². The molecule has 27 heavy (non-hydrogen) atoms. The van der Waals surface area contributed by atoms with Crippen LogP contribution in [0.4, 0.5) is 13.2 Å². The van der Waals surface area contributed by atoms with Crippen LogP contribution in [0.5, 0.6) is 5.75 Å². The van der Waals surface area contributed by atoms with Crippen LogP contribution in [-0.2, 0) is 4.79 Å². The Morgan fingerprint density at radius 1 is 1.00 bits per heavy atom. The molecular weight excluding hydrogens is 428 g/mol. The minimum Gasteiger partial charge on any atom is -0.484 e. The van der Waals surface area contributed by atoms with Crippen LogP contribution in [0.2, 0.25) is 10.0 Å². The van der Waals surface area contributed by atoms with Crippen molar-refractivity contribution in [2.75, 3.05) is 6.61 Å². The summed E-state index contributed by atoms with van der Waals surface area (Å²) in [6.45, 7) is -0.456. The highest BCUT2D eigenvalue weighted by molar-refractivity contribution is 8.00. The lowest BCUT2D eigenvalue weighted by Crippen LogP contribution is -2.43. The van der Waals surface area contributed by atoms with Crippen molar-refractivity contribution in [1.29, 1.82) is 0 Å². The highest BCUT2D eigenvalue weighted by Crippen LogP contribution is 2.37. The smallest absolute Gasteiger partial charge is 0.446 e. The molecule has 144 valence electrons. The Morgan fingerprint density at radius 2 is 1.59 bits per heavy atom. The highest BCUT2D eigenvalue weighted by atomic mass is 35.5. The maximum absolute atomic E-state index is 12.2. The molecule has 0 aliphatic carbocycles. The molecule has 0 atom stereocenters. The third kappa shape index (κ3) is 7.58. The Balaban J connectivity index is 1.79. The molecule has 0 bridgehead atoms. The molecule has 0 fully saturated rings. The molecule has 2 N–H and O–H groups in total. The number of nitrogens with one attached hydrogen (secondary N) is 2. The first kappa shape index (κ1) is 21.2. The molecule has 5 nitrogen and oxygen atoms in total. The van der Waals surface area contributed by atoms with Crippen molar-refractivity contribution in [3.05, 3.63) is 58.1 Å². The number of alkyl halides is 3. The van der Waals surface area contributed by atoms with Crippen LogP contribution in [0.25, 0.3) is 0 Å². The molecule has 0 unspecified atom stereocenters. The summed E-state index contributed by atoms with van der Waals surface area (Å²) in [6.07, 6.45) is 0. The average molecular weight is 439 g/mol. The normalized spacial score (nSPS) is 11.0. The van der Waals surface area contributed by atoms with Crippen molar-refractivity contribution in [2.45, 2.75) is 10.4 Å². The van der Waals surface area contributed by atoms with Crippen LogP contribution in [-0.4, -0.2) is 23.9 Å². The van der Waals surface area contributed by atoms with Gasteiger partial charge in [0.15, 0.2) is 6.61 Å². The van der Waals surface area contributed by atoms with Crippen molar-refractivity contribution in [2.24, 2.45) is 0 Å². The van der Waals surface area contributed by atoms with Gasteiger partial charge in [0, 0.05) is 20.5 Å². The van der Waals surface area contributed by atoms with Gasteiger partial charge in [-0.25, -0.2) is 0 Å². The Labute approximate surface area is 166 Å². The molecule has 0 aliphatic rings. The zero-order valence-electron chi connectivity index (χ0n) is 13.3. The van der Waals surface area contributed by atoms with E-state index >= 15 is 0 Å². The van der Waals surface area contributed by atoms with Gasteiger partial charge in [-0.1, -0.05) is 23.2 Å². The van der Waals surface area contributed by atoms with Crippen molar-refractivity contribution >= 4 is 46.8 Å². The van der Waals surface area contributed by atoms with Crippen LogP contribution in [0.15, 0.2) is 47.4 Å². The Morgan fingerprint density at radius 3 is 2.15 bits per heavy atom. The fourth-order valence-corrected chi connectivity index (χ4v) is 2.87. The zero-order valence-corrected chi connectivity index (χ0v) is 15.6. The van der Waals surface area contributed by atoms with E-state index in [0.29, 0.717) is 0 Å². The Hall–Kier alpha value is -2.10. The number of carbonyl (C=O) groups excluding carboxylic acids is 2. The van der Waals surface area contributed by atoms with Crippen molar-refractivity contribution in [3.8, 4) is 5.75 Å². The predicted octanol–water partition coefficient (Wildman–Crippen LogP) is 4.45. The van der Waals surface area contributed by atoms with Gasteiger partial charge in [-0.3, -0.25) is 20.4 Å². The third-order valence-corrected chi connectivity index (χ3v) is 4.04. The van der Waals surface area contributed by atoms with Crippen LogP contribution in [0.3, 0.4) is 0 Å². The van der Waals surface area contributed by atoms with E-state index in [2.05, 4.69) is 10.9 Å². The molecule has 2 aromatic carbocycles. The number of carbonyl (C=O) groups is 2. The summed E-state index contributed by atoms with van der Waals surface area (Å²) < 4.78 is 41.9. The minimum absolute atomic E-state index is 0.00764. The fraction of sp³-hybridized carbons (Fsp3) is 0.125. The SMILES string of the molecule is O=C(COc1ccc(SC(F)(F)F)cc1)NNC(=O)c1cc(Cl)cc(Cl)c1. The average Bonchev–Trinajstić information content (AvgIpc) is 2.57. The standard InChI is InChI=1S/C16H11Cl2F3N2O3S/c17-10-5-9(6-11(18)7-10)15(25)23-22-14(24)8-26-12-1-3-13(4-2-12)27-16(19,20)21/h1-7H,8H2,(H,22,24)(H,23,25). The van der Waals surface area contributed by atoms with Gasteiger partial charge < -0.3 is 4.74 Å². The maximum Gasteiger partial charge on any atom is 0.446 e. The molecule has 0 radical (unpaired) electrons. The molecule has 0 heterocycles. The van der Waals surface area contributed by atoms with Gasteiger partial charge in [-0.05, 0) is 54.2 Å². The second kappa shape index (κ2) is 9.20. The number of hydrazine groups is 1. The van der Waals surface area contributed by atoms with Crippen LogP contribution in [0, 0.1) is 0 Å². The van der Waals surface area contributed by atoms with Crippen molar-refractivity contribution in [3.63, 3.8) is 0 Å². The van der Waals surface area contributed by atoms with Gasteiger partial charge in [0.1, 0.15) is 5.75 Å². The first-order valence-electron chi connectivity index (χ1n) is 7.16. The summed E-state index contributed by atoms with van der Waals surface area (Å²) in [6, 6.07) is 9.22. The van der Waals surface area contributed by atoms with E-state index in [4.69, 9.17) is 27.9 Å². The first-order valence-corrected chi connectivity index (χ1v) is 8.73. The quantitative estimate of drug-likeness (QED) is 0.534. The Kier molecular flexibility index (Phi) is 7.23. The van der Waals surface area contributed by atoms with E-state index in [0.717, 1.165) is 0 Å². The lowest BCUT2D eigenvalue weighted by molar-refractivity contribution is -0.123. The van der Waals surface area contributed by atoms with Gasteiger partial charge in [-0.2, -0.15) is 13.2 Å². The number of hydrogen-bond acceptors (Lipinski definition) is 4. The number of ether oxygens (including phenoxy) is 1. The van der Waals surface area contributed by atoms with E-state index in [9.17, 15) is 22.8 Å². The largest absolute Gasteiger partial charge is 0.484 e. The molecule has 0 aromatic heterocycles. The Bertz CT molecular complexity index is 812. The van der Waals surface area contributed by atoms with Gasteiger partial charge >= 0.3 is 5.51 Å². The van der Waals surface area contributed by atoms with E-state index < -0.39 is 23.9 Å². The maximum atomic E-state index is 12.2. The highest BCUT2D eigenvalue weighted by Gasteiger charge is 2.29. The molecule has 2 amide bonds. The van der Waals surface area contributed by atoms with Gasteiger partial charge in [0.2, 0.25) is 0 Å². The zero-order chi connectivity index (χ0) is 20.0. The molecule has 0 spiro atoms. The lowest BCUT2D eigenvalue weighted by Gasteiger charge is -2.10. The van der Waals surface area contributed by atoms with Crippen LogP contribution < -0.4 is 15.6 Å². The van der Waals surface area contributed by atoms with E-state index in [1.54, 1.807) is 0 Å². The second-order valence-electron chi connectivity index (χ2n) is 4.97. The summed E-state index contributed by atoms with van der Waals surface area (Å²) >= 11 is 11.3. The molecule has 0 aliphatic heterocycles. The van der Waals surface area contributed by atoms with E-state index in [1.807, 2.05) is 0 Å². The monoisotopic (exact) mass is 438 g/mol. The molecule has 0 saturated heterocycles.